The largest absolute Gasteiger partial charge is 0.356 e. The third-order valence-electron chi connectivity index (χ3n) is 8.21. The number of nitrogens with one attached hydrogen (secondary N) is 3. The number of piperidine rings is 1. The Balaban J connectivity index is 1.18. The molecule has 0 bridgehead atoms. The smallest absolute Gasteiger partial charge is 0.137 e. The molecule has 194 valence electrons. The second kappa shape index (κ2) is 10.2. The topological polar surface area (TPSA) is 98.4 Å². The predicted octanol–water partition coefficient (Wildman–Crippen LogP) is 5.83. The van der Waals surface area contributed by atoms with Crippen molar-refractivity contribution in [3.8, 4) is 22.6 Å². The lowest BCUT2D eigenvalue weighted by Gasteiger charge is -2.28. The summed E-state index contributed by atoms with van der Waals surface area (Å²) < 4.78 is 0. The van der Waals surface area contributed by atoms with E-state index in [0.29, 0.717) is 0 Å². The van der Waals surface area contributed by atoms with Crippen LogP contribution in [0.4, 0.5) is 5.82 Å². The minimum Gasteiger partial charge on any atom is -0.356 e. The number of aromatic nitrogens is 6. The molecule has 0 unspecified atom stereocenters. The van der Waals surface area contributed by atoms with Crippen LogP contribution in [0, 0.1) is 5.92 Å². The minimum absolute atomic E-state index is 0.825. The van der Waals surface area contributed by atoms with E-state index >= 15 is 0 Å². The van der Waals surface area contributed by atoms with Gasteiger partial charge in [-0.3, -0.25) is 15.1 Å². The molecule has 8 heteroatoms. The van der Waals surface area contributed by atoms with Gasteiger partial charge in [-0.15, -0.1) is 0 Å². The number of rotatable bonds is 7. The van der Waals surface area contributed by atoms with Gasteiger partial charge in [0.15, 0.2) is 0 Å². The first-order valence-electron chi connectivity index (χ1n) is 14.0. The molecule has 3 N–H and O–H groups in total. The van der Waals surface area contributed by atoms with Crippen molar-refractivity contribution in [1.82, 2.24) is 35.5 Å². The van der Waals surface area contributed by atoms with Gasteiger partial charge < -0.3 is 15.2 Å². The van der Waals surface area contributed by atoms with Crippen molar-refractivity contribution < 1.29 is 0 Å². The molecule has 7 rings (SSSR count). The summed E-state index contributed by atoms with van der Waals surface area (Å²) >= 11 is 0. The van der Waals surface area contributed by atoms with E-state index in [-0.39, 0.29) is 0 Å². The van der Waals surface area contributed by atoms with Crippen molar-refractivity contribution in [3.05, 3.63) is 54.6 Å². The van der Waals surface area contributed by atoms with Gasteiger partial charge in [-0.05, 0) is 74.4 Å². The number of aromatic amines is 2. The SMILES string of the molecule is c1cc2[nH]c(-c3n[nH]c4cnc(-c5cncc(CNCC6CCCC6)c5)cc34)cc2c(N2CCCCC2)n1. The molecule has 0 amide bonds. The average molecular weight is 507 g/mol. The van der Waals surface area contributed by atoms with Crippen molar-refractivity contribution in [1.29, 1.82) is 0 Å². The summed E-state index contributed by atoms with van der Waals surface area (Å²) in [4.78, 5) is 20.0. The predicted molar refractivity (Wildman–Crippen MR) is 152 cm³/mol. The quantitative estimate of drug-likeness (QED) is 0.257. The molecule has 5 aromatic heterocycles. The molecule has 8 nitrogen and oxygen atoms in total. The van der Waals surface area contributed by atoms with Crippen LogP contribution in [-0.2, 0) is 6.54 Å². The maximum Gasteiger partial charge on any atom is 0.137 e. The molecule has 1 aliphatic carbocycles. The second-order valence-electron chi connectivity index (χ2n) is 10.9. The first-order valence-corrected chi connectivity index (χ1v) is 14.0. The van der Waals surface area contributed by atoms with E-state index in [0.717, 1.165) is 82.4 Å². The lowest BCUT2D eigenvalue weighted by molar-refractivity contribution is 0.489. The average Bonchev–Trinajstić information content (AvgIpc) is 3.73. The molecule has 38 heavy (non-hydrogen) atoms. The summed E-state index contributed by atoms with van der Waals surface area (Å²) in [6, 6.07) is 8.56. The summed E-state index contributed by atoms with van der Waals surface area (Å²) in [5.41, 5.74) is 6.99. The highest BCUT2D eigenvalue weighted by Gasteiger charge is 2.19. The molecule has 2 fully saturated rings. The molecule has 1 aliphatic heterocycles. The number of hydrogen-bond acceptors (Lipinski definition) is 6. The van der Waals surface area contributed by atoms with E-state index in [1.165, 1.54) is 50.5 Å². The van der Waals surface area contributed by atoms with Crippen LogP contribution < -0.4 is 10.2 Å². The van der Waals surface area contributed by atoms with Gasteiger partial charge in [0.2, 0.25) is 0 Å². The van der Waals surface area contributed by atoms with Crippen LogP contribution in [0.25, 0.3) is 44.5 Å². The molecule has 0 radical (unpaired) electrons. The Morgan fingerprint density at radius 2 is 1.79 bits per heavy atom. The standard InChI is InChI=1S/C30H34N8/c1-4-10-38(11-5-1)30-24-14-27(35-25(24)8-9-33-30)29-23-13-26(34-19-28(23)36-37-29)22-12-21(17-32-18-22)16-31-15-20-6-2-3-7-20/h8-9,12-14,17-20,31,35H,1-7,10-11,15-16H2,(H,36,37). The van der Waals surface area contributed by atoms with Gasteiger partial charge in [0.05, 0.1) is 28.6 Å². The van der Waals surface area contributed by atoms with Gasteiger partial charge in [0.1, 0.15) is 11.5 Å². The van der Waals surface area contributed by atoms with E-state index in [9.17, 15) is 0 Å². The van der Waals surface area contributed by atoms with Crippen LogP contribution in [0.1, 0.15) is 50.5 Å². The number of nitrogens with zero attached hydrogens (tertiary/aromatic N) is 5. The molecule has 0 atom stereocenters. The Bertz CT molecular complexity index is 1560. The van der Waals surface area contributed by atoms with Gasteiger partial charge in [-0.25, -0.2) is 4.98 Å². The van der Waals surface area contributed by atoms with Crippen molar-refractivity contribution in [2.75, 3.05) is 24.5 Å². The highest BCUT2D eigenvalue weighted by molar-refractivity contribution is 5.99. The first-order chi connectivity index (χ1) is 18.8. The lowest BCUT2D eigenvalue weighted by atomic mass is 10.1. The highest BCUT2D eigenvalue weighted by atomic mass is 15.2. The van der Waals surface area contributed by atoms with Gasteiger partial charge >= 0.3 is 0 Å². The number of anilines is 1. The summed E-state index contributed by atoms with van der Waals surface area (Å²) in [6.07, 6.45) is 16.8. The normalized spacial score (nSPS) is 16.7. The molecule has 1 saturated carbocycles. The van der Waals surface area contributed by atoms with Crippen LogP contribution in [0.3, 0.4) is 0 Å². The van der Waals surface area contributed by atoms with Crippen molar-refractivity contribution in [2.24, 2.45) is 5.92 Å². The molecule has 6 heterocycles. The zero-order chi connectivity index (χ0) is 25.3. The fraction of sp³-hybridized carbons (Fsp3) is 0.400. The lowest BCUT2D eigenvalue weighted by Crippen LogP contribution is -2.30. The Hall–Kier alpha value is -3.78. The molecule has 0 aromatic carbocycles. The van der Waals surface area contributed by atoms with Crippen LogP contribution >= 0.6 is 0 Å². The van der Waals surface area contributed by atoms with E-state index in [4.69, 9.17) is 9.97 Å². The fourth-order valence-corrected chi connectivity index (χ4v) is 6.16. The first kappa shape index (κ1) is 23.3. The fourth-order valence-electron chi connectivity index (χ4n) is 6.16. The monoisotopic (exact) mass is 506 g/mol. The van der Waals surface area contributed by atoms with E-state index < -0.39 is 0 Å². The third kappa shape index (κ3) is 4.53. The Morgan fingerprint density at radius 3 is 2.68 bits per heavy atom. The van der Waals surface area contributed by atoms with E-state index in [2.05, 4.69) is 48.6 Å². The zero-order valence-corrected chi connectivity index (χ0v) is 21.7. The number of fused-ring (bicyclic) bond motifs is 2. The Labute approximate surface area is 222 Å². The summed E-state index contributed by atoms with van der Waals surface area (Å²) in [5.74, 6) is 1.89. The molecule has 5 aromatic rings. The number of hydrogen-bond donors (Lipinski definition) is 3. The molecular formula is C30H34N8. The molecule has 2 aliphatic rings. The van der Waals surface area contributed by atoms with E-state index in [1.54, 1.807) is 0 Å². The molecule has 1 saturated heterocycles. The summed E-state index contributed by atoms with van der Waals surface area (Å²) in [5, 5.41) is 13.7. The maximum atomic E-state index is 4.75. The molecule has 0 spiro atoms. The van der Waals surface area contributed by atoms with Crippen molar-refractivity contribution in [3.63, 3.8) is 0 Å². The number of pyridine rings is 3. The van der Waals surface area contributed by atoms with Crippen molar-refractivity contribution in [2.45, 2.75) is 51.5 Å². The van der Waals surface area contributed by atoms with Crippen LogP contribution in [-0.4, -0.2) is 49.8 Å². The van der Waals surface area contributed by atoms with Gasteiger partial charge in [-0.2, -0.15) is 5.10 Å². The zero-order valence-electron chi connectivity index (χ0n) is 21.7. The molecular weight excluding hydrogens is 472 g/mol. The van der Waals surface area contributed by atoms with Crippen molar-refractivity contribution >= 4 is 27.6 Å². The van der Waals surface area contributed by atoms with Crippen LogP contribution in [0.2, 0.25) is 0 Å². The highest BCUT2D eigenvalue weighted by Crippen LogP contribution is 2.34. The van der Waals surface area contributed by atoms with E-state index in [1.807, 2.05) is 30.9 Å². The van der Waals surface area contributed by atoms with Gasteiger partial charge in [-0.1, -0.05) is 12.8 Å². The summed E-state index contributed by atoms with van der Waals surface area (Å²) in [7, 11) is 0. The van der Waals surface area contributed by atoms with Gasteiger partial charge in [0.25, 0.3) is 0 Å². The number of H-pyrrole nitrogens is 2. The van der Waals surface area contributed by atoms with Gasteiger partial charge in [0, 0.05) is 54.6 Å². The minimum atomic E-state index is 0.825. The van der Waals surface area contributed by atoms with Crippen LogP contribution in [0.15, 0.2) is 49.1 Å². The van der Waals surface area contributed by atoms with Crippen LogP contribution in [0.5, 0.6) is 0 Å². The maximum absolute atomic E-state index is 4.75. The third-order valence-corrected chi connectivity index (χ3v) is 8.21. The Kier molecular flexibility index (Phi) is 6.25. The Morgan fingerprint density at radius 1 is 0.895 bits per heavy atom. The summed E-state index contributed by atoms with van der Waals surface area (Å²) in [6.45, 7) is 4.05. The second-order valence-corrected chi connectivity index (χ2v) is 10.9.